The molecule has 1 aromatic carbocycles. The summed E-state index contributed by atoms with van der Waals surface area (Å²) in [5.41, 5.74) is -1.23. The number of amides is 4. The van der Waals surface area contributed by atoms with Crippen LogP contribution in [0.3, 0.4) is 0 Å². The molecule has 52 heavy (non-hydrogen) atoms. The highest BCUT2D eigenvalue weighted by molar-refractivity contribution is 7.91. The molecule has 2 aliphatic carbocycles. The molecule has 4 aliphatic rings. The number of alkyl carbamates (subject to hydrolysis) is 1. The summed E-state index contributed by atoms with van der Waals surface area (Å²) in [4.78, 5) is 65.6. The average Bonchev–Trinajstić information content (AvgIpc) is 3.93. The van der Waals surface area contributed by atoms with Gasteiger partial charge in [0, 0.05) is 18.4 Å². The van der Waals surface area contributed by atoms with Gasteiger partial charge in [-0.3, -0.25) is 19.1 Å². The van der Waals surface area contributed by atoms with Gasteiger partial charge < -0.3 is 25.0 Å². The summed E-state index contributed by atoms with van der Waals surface area (Å²) in [6.07, 6.45) is 6.27. The Hall–Kier alpha value is -4.34. The maximum Gasteiger partial charge on any atom is 0.408 e. The lowest BCUT2D eigenvalue weighted by atomic mass is 10.0. The average molecular weight is 743 g/mol. The molecule has 2 aliphatic heterocycles. The third-order valence-electron chi connectivity index (χ3n) is 10.2. The predicted molar refractivity (Wildman–Crippen MR) is 188 cm³/mol. The smallest absolute Gasteiger partial charge is 0.408 e. The minimum Gasteiger partial charge on any atom is -0.471 e. The first-order valence-corrected chi connectivity index (χ1v) is 19.3. The maximum absolute atomic E-state index is 14.4. The summed E-state index contributed by atoms with van der Waals surface area (Å²) in [5.74, 6) is -2.89. The van der Waals surface area contributed by atoms with Gasteiger partial charge in [0.1, 0.15) is 40.8 Å². The predicted octanol–water partition coefficient (Wildman–Crippen LogP) is 3.71. The van der Waals surface area contributed by atoms with E-state index < -0.39 is 79.6 Å². The van der Waals surface area contributed by atoms with Crippen LogP contribution in [0.5, 0.6) is 5.88 Å². The summed E-state index contributed by atoms with van der Waals surface area (Å²) >= 11 is 0. The number of carbonyl (C=O) groups excluding carboxylic acids is 4. The Morgan fingerprint density at radius 1 is 1.10 bits per heavy atom. The normalized spacial score (nSPS) is 28.3. The number of hydrogen-bond donors (Lipinski definition) is 3. The molecule has 3 N–H and O–H groups in total. The number of fused-ring (bicyclic) bond motifs is 3. The molecule has 5 atom stereocenters. The van der Waals surface area contributed by atoms with Crippen molar-refractivity contribution in [3.8, 4) is 5.88 Å². The highest BCUT2D eigenvalue weighted by Gasteiger charge is 2.63. The van der Waals surface area contributed by atoms with Crippen LogP contribution in [0.25, 0.3) is 11.0 Å². The first-order valence-electron chi connectivity index (χ1n) is 17.9. The molecule has 2 saturated carbocycles. The van der Waals surface area contributed by atoms with Crippen molar-refractivity contribution < 1.29 is 41.5 Å². The van der Waals surface area contributed by atoms with Crippen LogP contribution < -0.4 is 20.1 Å². The fourth-order valence-electron chi connectivity index (χ4n) is 6.77. The van der Waals surface area contributed by atoms with E-state index in [0.29, 0.717) is 36.9 Å². The van der Waals surface area contributed by atoms with E-state index in [0.717, 1.165) is 12.8 Å². The summed E-state index contributed by atoms with van der Waals surface area (Å²) in [7, 11) is -4.00. The van der Waals surface area contributed by atoms with Crippen molar-refractivity contribution in [3.05, 3.63) is 41.9 Å². The Bertz CT molecular complexity index is 1910. The lowest BCUT2D eigenvalue weighted by Crippen LogP contribution is -2.58. The van der Waals surface area contributed by atoms with Crippen molar-refractivity contribution in [1.29, 1.82) is 0 Å². The number of hydrogen-bond acceptors (Lipinski definition) is 10. The Morgan fingerprint density at radius 2 is 1.85 bits per heavy atom. The largest absolute Gasteiger partial charge is 0.471 e. The summed E-state index contributed by atoms with van der Waals surface area (Å²) < 4.78 is 53.1. The monoisotopic (exact) mass is 742 g/mol. The molecule has 6 rings (SSSR count). The lowest BCUT2D eigenvalue weighted by molar-refractivity contribution is -0.141. The van der Waals surface area contributed by atoms with Gasteiger partial charge in [0.25, 0.3) is 5.91 Å². The van der Waals surface area contributed by atoms with Gasteiger partial charge in [0.15, 0.2) is 0 Å². The van der Waals surface area contributed by atoms with Crippen molar-refractivity contribution in [2.45, 2.75) is 126 Å². The second-order valence-electron chi connectivity index (χ2n) is 15.6. The molecular formula is C36H47FN6O8S. The Kier molecular flexibility index (Phi) is 10.0. The van der Waals surface area contributed by atoms with Gasteiger partial charge in [-0.05, 0) is 85.3 Å². The standard InChI is InChI=1S/C36H47FN6O8S/c1-21-30(39-27-17-23(37)13-14-25(27)38-21)50-24-18-28-29(44)41-36(32(46)42-52(48,49)35(5)15-16-35)19-22(36)11-9-7-6-8-10-12-26(31(45)43(28)20-24)40-33(47)51-34(2,3)4/h9,11,13-14,17,22,24,26,28H,6-8,10,12,15-16,18-20H2,1-5H3,(H,40,47)(H,41,44)(H,42,46)/b11-9-/t22?,24-,26+,28+,36-/m1/s1. The van der Waals surface area contributed by atoms with Crippen LogP contribution in [-0.4, -0.2) is 87.7 Å². The summed E-state index contributed by atoms with van der Waals surface area (Å²) in [5, 5.41) is 5.54. The lowest BCUT2D eigenvalue weighted by Gasteiger charge is -2.30. The first-order chi connectivity index (χ1) is 24.4. The van der Waals surface area contributed by atoms with E-state index in [1.807, 2.05) is 12.2 Å². The number of rotatable bonds is 6. The minimum absolute atomic E-state index is 0.0202. The van der Waals surface area contributed by atoms with E-state index in [9.17, 15) is 32.0 Å². The van der Waals surface area contributed by atoms with Gasteiger partial charge in [-0.2, -0.15) is 0 Å². The van der Waals surface area contributed by atoms with Gasteiger partial charge in [-0.25, -0.2) is 27.6 Å². The van der Waals surface area contributed by atoms with Gasteiger partial charge in [-0.1, -0.05) is 25.0 Å². The zero-order valence-electron chi connectivity index (χ0n) is 30.2. The first kappa shape index (κ1) is 37.4. The molecule has 2 aromatic rings. The molecule has 282 valence electrons. The van der Waals surface area contributed by atoms with Crippen LogP contribution in [0.4, 0.5) is 9.18 Å². The van der Waals surface area contributed by atoms with E-state index in [1.165, 1.54) is 23.1 Å². The molecule has 1 aromatic heterocycles. The van der Waals surface area contributed by atoms with Crippen LogP contribution in [0.15, 0.2) is 30.4 Å². The molecule has 1 unspecified atom stereocenters. The molecule has 0 spiro atoms. The number of nitrogens with one attached hydrogen (secondary N) is 3. The van der Waals surface area contributed by atoms with E-state index in [2.05, 4.69) is 25.3 Å². The third kappa shape index (κ3) is 8.01. The van der Waals surface area contributed by atoms with Crippen molar-refractivity contribution in [3.63, 3.8) is 0 Å². The molecule has 0 radical (unpaired) electrons. The second-order valence-corrected chi connectivity index (χ2v) is 17.8. The number of carbonyl (C=O) groups is 4. The molecule has 14 nitrogen and oxygen atoms in total. The van der Waals surface area contributed by atoms with Crippen molar-refractivity contribution in [2.75, 3.05) is 6.54 Å². The zero-order valence-corrected chi connectivity index (χ0v) is 31.0. The maximum atomic E-state index is 14.4. The van der Waals surface area contributed by atoms with Crippen LogP contribution in [0, 0.1) is 18.7 Å². The third-order valence-corrected chi connectivity index (χ3v) is 12.4. The highest BCUT2D eigenvalue weighted by Crippen LogP contribution is 2.47. The molecule has 3 heterocycles. The number of aryl methyl sites for hydroxylation is 1. The Labute approximate surface area is 302 Å². The van der Waals surface area contributed by atoms with Gasteiger partial charge in [0.2, 0.25) is 27.7 Å². The van der Waals surface area contributed by atoms with Crippen molar-refractivity contribution >= 4 is 44.9 Å². The molecule has 3 fully saturated rings. The molecule has 0 bridgehead atoms. The van der Waals surface area contributed by atoms with E-state index >= 15 is 0 Å². The van der Waals surface area contributed by atoms with Gasteiger partial charge in [-0.15, -0.1) is 0 Å². The van der Waals surface area contributed by atoms with Crippen LogP contribution >= 0.6 is 0 Å². The van der Waals surface area contributed by atoms with E-state index in [-0.39, 0.29) is 37.2 Å². The van der Waals surface area contributed by atoms with Crippen LogP contribution in [0.2, 0.25) is 0 Å². The fraction of sp³-hybridized carbons (Fsp3) is 0.611. The minimum atomic E-state index is -4.00. The molecule has 16 heteroatoms. The van der Waals surface area contributed by atoms with Crippen molar-refractivity contribution in [1.82, 2.24) is 30.2 Å². The number of allylic oxidation sites excluding steroid dienone is 1. The number of sulfonamides is 1. The quantitative estimate of drug-likeness (QED) is 0.369. The SMILES string of the molecule is Cc1nc2ccc(F)cc2nc1O[C@@H]1C[C@H]2C(=O)N[C@]3(C(=O)NS(=O)(=O)C4(C)CC4)CC3/C=C\CCCCC[C@H](NC(=O)OC(C)(C)C)C(=O)N2C1. The summed E-state index contributed by atoms with van der Waals surface area (Å²) in [6.45, 7) is 8.29. The Balaban J connectivity index is 1.31. The molecular weight excluding hydrogens is 695 g/mol. The number of nitrogens with zero attached hydrogens (tertiary/aromatic N) is 3. The number of aromatic nitrogens is 2. The van der Waals surface area contributed by atoms with Gasteiger partial charge >= 0.3 is 6.09 Å². The number of halogens is 1. The van der Waals surface area contributed by atoms with E-state index in [4.69, 9.17) is 9.47 Å². The zero-order chi connectivity index (χ0) is 37.6. The van der Waals surface area contributed by atoms with E-state index in [1.54, 1.807) is 34.6 Å². The van der Waals surface area contributed by atoms with Crippen LogP contribution in [-0.2, 0) is 29.1 Å². The Morgan fingerprint density at radius 3 is 2.56 bits per heavy atom. The van der Waals surface area contributed by atoms with Gasteiger partial charge in [0.05, 0.1) is 22.3 Å². The number of benzene rings is 1. The number of ether oxygens (including phenoxy) is 2. The molecule has 4 amide bonds. The van der Waals surface area contributed by atoms with Crippen LogP contribution in [0.1, 0.15) is 91.2 Å². The topological polar surface area (TPSA) is 186 Å². The second kappa shape index (κ2) is 13.9. The molecule has 1 saturated heterocycles. The highest BCUT2D eigenvalue weighted by atomic mass is 32.2. The van der Waals surface area contributed by atoms with Crippen molar-refractivity contribution in [2.24, 2.45) is 5.92 Å². The summed E-state index contributed by atoms with van der Waals surface area (Å²) in [6, 6.07) is 1.81. The fourth-order valence-corrected chi connectivity index (χ4v) is 8.08.